The number of aromatic nitrogens is 1. The first-order valence-corrected chi connectivity index (χ1v) is 4.10. The van der Waals surface area contributed by atoms with E-state index in [9.17, 15) is 12.9 Å². The summed E-state index contributed by atoms with van der Waals surface area (Å²) in [4.78, 5) is 3.89. The summed E-state index contributed by atoms with van der Waals surface area (Å²) < 4.78 is 35.6. The minimum atomic E-state index is -4.68. The zero-order valence-corrected chi connectivity index (χ0v) is 11.4. The van der Waals surface area contributed by atoms with Gasteiger partial charge in [0.2, 0.25) is 0 Å². The van der Waals surface area contributed by atoms with Gasteiger partial charge in [-0.05, 0) is 25.0 Å². The van der Waals surface area contributed by atoms with Crippen molar-refractivity contribution in [3.63, 3.8) is 0 Å². The van der Waals surface area contributed by atoms with Crippen molar-refractivity contribution in [3.05, 3.63) is 29.6 Å². The Balaban J connectivity index is 0.00000169. The molecule has 1 heterocycles. The monoisotopic (exact) mass is 227 g/mol. The molecule has 0 atom stereocenters. The van der Waals surface area contributed by atoms with Crippen LogP contribution in [0.2, 0.25) is 6.32 Å². The first-order chi connectivity index (χ1) is 5.97. The first-order valence-electron chi connectivity index (χ1n) is 4.10. The average Bonchev–Trinajstić information content (AvgIpc) is 2.02. The van der Waals surface area contributed by atoms with Crippen LogP contribution in [0, 0.1) is 6.92 Å². The molecule has 0 aromatic carbocycles. The van der Waals surface area contributed by atoms with Gasteiger partial charge in [-0.15, -0.1) is 0 Å². The summed E-state index contributed by atoms with van der Waals surface area (Å²) in [5.74, 6) is 0. The zero-order chi connectivity index (χ0) is 9.90. The van der Waals surface area contributed by atoms with E-state index in [1.54, 1.807) is 18.3 Å². The maximum absolute atomic E-state index is 11.9. The van der Waals surface area contributed by atoms with Crippen LogP contribution in [0.5, 0.6) is 0 Å². The SMILES string of the molecule is Cc1ccc(CC[B-](F)(F)F)nc1.[K+]. The summed E-state index contributed by atoms with van der Waals surface area (Å²) >= 11 is 0. The number of rotatable bonds is 3. The van der Waals surface area contributed by atoms with Gasteiger partial charge in [-0.3, -0.25) is 4.98 Å². The molecule has 0 spiro atoms. The van der Waals surface area contributed by atoms with Crippen LogP contribution >= 0.6 is 0 Å². The van der Waals surface area contributed by atoms with Crippen LogP contribution in [-0.4, -0.2) is 12.0 Å². The van der Waals surface area contributed by atoms with Crippen molar-refractivity contribution in [2.45, 2.75) is 19.7 Å². The Labute approximate surface area is 124 Å². The second-order valence-electron chi connectivity index (χ2n) is 3.08. The van der Waals surface area contributed by atoms with Crippen molar-refractivity contribution < 1.29 is 64.3 Å². The van der Waals surface area contributed by atoms with Crippen LogP contribution in [0.15, 0.2) is 18.3 Å². The summed E-state index contributed by atoms with van der Waals surface area (Å²) in [5.41, 5.74) is 1.46. The van der Waals surface area contributed by atoms with Crippen molar-refractivity contribution in [2.24, 2.45) is 0 Å². The molecule has 1 aromatic rings. The molecule has 72 valence electrons. The normalized spacial score (nSPS) is 10.9. The van der Waals surface area contributed by atoms with Crippen LogP contribution in [0.25, 0.3) is 0 Å². The van der Waals surface area contributed by atoms with Gasteiger partial charge in [0.15, 0.2) is 0 Å². The van der Waals surface area contributed by atoms with Crippen LogP contribution in [-0.2, 0) is 6.42 Å². The van der Waals surface area contributed by atoms with Gasteiger partial charge in [0.1, 0.15) is 0 Å². The number of pyridine rings is 1. The van der Waals surface area contributed by atoms with Crippen LogP contribution in [0.4, 0.5) is 12.9 Å². The predicted octanol–water partition coefficient (Wildman–Crippen LogP) is -0.216. The summed E-state index contributed by atoms with van der Waals surface area (Å²) in [7, 11) is 0. The third-order valence-corrected chi connectivity index (χ3v) is 1.70. The van der Waals surface area contributed by atoms with Gasteiger partial charge in [0.05, 0.1) is 0 Å². The Hall–Kier alpha value is 0.641. The average molecular weight is 227 g/mol. The summed E-state index contributed by atoms with van der Waals surface area (Å²) in [6.45, 7) is -2.83. The van der Waals surface area contributed by atoms with Crippen molar-refractivity contribution in [2.75, 3.05) is 0 Å². The van der Waals surface area contributed by atoms with Crippen molar-refractivity contribution in [1.82, 2.24) is 4.98 Å². The molecular weight excluding hydrogens is 217 g/mol. The molecule has 0 bridgehead atoms. The molecule has 0 aliphatic rings. The van der Waals surface area contributed by atoms with Gasteiger partial charge in [-0.2, -0.15) is 0 Å². The number of hydrogen-bond acceptors (Lipinski definition) is 1. The maximum atomic E-state index is 11.9. The minimum absolute atomic E-state index is 0. The first kappa shape index (κ1) is 14.6. The van der Waals surface area contributed by atoms with E-state index in [0.717, 1.165) is 5.56 Å². The molecule has 0 saturated carbocycles. The molecule has 1 aromatic heterocycles. The molecule has 0 fully saturated rings. The minimum Gasteiger partial charge on any atom is -0.449 e. The summed E-state index contributed by atoms with van der Waals surface area (Å²) in [6, 6.07) is 3.41. The predicted molar refractivity (Wildman–Crippen MR) is 46.6 cm³/mol. The third kappa shape index (κ3) is 6.19. The Bertz CT molecular complexity index is 273. The molecule has 0 unspecified atom stereocenters. The van der Waals surface area contributed by atoms with E-state index >= 15 is 0 Å². The standard InChI is InChI=1S/C8H10BF3N.K/c1-7-2-3-8(13-6-7)4-5-9(10,11)12;/h2-3,6H,4-5H2,1H3;/q-1;+1. The van der Waals surface area contributed by atoms with Crippen molar-refractivity contribution in [1.29, 1.82) is 0 Å². The fourth-order valence-corrected chi connectivity index (χ4v) is 0.958. The molecule has 0 aliphatic carbocycles. The number of halogens is 3. The Morgan fingerprint density at radius 3 is 2.36 bits per heavy atom. The van der Waals surface area contributed by atoms with Gasteiger partial charge in [0.25, 0.3) is 0 Å². The Kier molecular flexibility index (Phi) is 6.56. The summed E-state index contributed by atoms with van der Waals surface area (Å²) in [6.07, 6.45) is 0.832. The van der Waals surface area contributed by atoms with E-state index in [1.807, 2.05) is 6.92 Å². The molecule has 0 amide bonds. The van der Waals surface area contributed by atoms with E-state index in [-0.39, 0.29) is 57.8 Å². The molecule has 6 heteroatoms. The smallest absolute Gasteiger partial charge is 0.449 e. The molecule has 0 saturated heterocycles. The van der Waals surface area contributed by atoms with E-state index in [4.69, 9.17) is 0 Å². The number of nitrogens with zero attached hydrogens (tertiary/aromatic N) is 1. The van der Waals surface area contributed by atoms with Crippen molar-refractivity contribution in [3.8, 4) is 0 Å². The van der Waals surface area contributed by atoms with E-state index < -0.39 is 13.3 Å². The maximum Gasteiger partial charge on any atom is 1.00 e. The van der Waals surface area contributed by atoms with Gasteiger partial charge in [-0.25, -0.2) is 0 Å². The molecule has 0 radical (unpaired) electrons. The van der Waals surface area contributed by atoms with Gasteiger partial charge >= 0.3 is 58.4 Å². The second-order valence-corrected chi connectivity index (χ2v) is 3.08. The van der Waals surface area contributed by atoms with Gasteiger partial charge < -0.3 is 12.9 Å². The second kappa shape index (κ2) is 6.27. The van der Waals surface area contributed by atoms with Crippen molar-refractivity contribution >= 4 is 6.98 Å². The zero-order valence-electron chi connectivity index (χ0n) is 8.30. The molecule has 0 N–H and O–H groups in total. The topological polar surface area (TPSA) is 12.9 Å². The number of aryl methyl sites for hydroxylation is 2. The molecule has 1 rings (SSSR count). The summed E-state index contributed by atoms with van der Waals surface area (Å²) in [5, 5.41) is 0. The molecule has 14 heavy (non-hydrogen) atoms. The number of hydrogen-bond donors (Lipinski definition) is 0. The van der Waals surface area contributed by atoms with E-state index in [2.05, 4.69) is 4.98 Å². The molecule has 0 aliphatic heterocycles. The third-order valence-electron chi connectivity index (χ3n) is 1.70. The van der Waals surface area contributed by atoms with Crippen LogP contribution < -0.4 is 51.4 Å². The largest absolute Gasteiger partial charge is 1.00 e. The Morgan fingerprint density at radius 2 is 1.93 bits per heavy atom. The van der Waals surface area contributed by atoms with E-state index in [1.165, 1.54) is 0 Å². The van der Waals surface area contributed by atoms with Gasteiger partial charge in [0, 0.05) is 11.9 Å². The van der Waals surface area contributed by atoms with Crippen LogP contribution in [0.1, 0.15) is 11.3 Å². The fraction of sp³-hybridized carbons (Fsp3) is 0.375. The molecule has 1 nitrogen and oxygen atoms in total. The Morgan fingerprint density at radius 1 is 1.29 bits per heavy atom. The van der Waals surface area contributed by atoms with Crippen LogP contribution in [0.3, 0.4) is 0 Å². The molecular formula is C8H10BF3KN. The van der Waals surface area contributed by atoms with Gasteiger partial charge in [-0.1, -0.05) is 12.4 Å². The fourth-order valence-electron chi connectivity index (χ4n) is 0.958. The van der Waals surface area contributed by atoms with E-state index in [0.29, 0.717) is 5.69 Å². The quantitative estimate of drug-likeness (QED) is 0.651.